The fraction of sp³-hybridized carbons (Fsp3) is 0.389. The predicted molar refractivity (Wildman–Crippen MR) is 107 cm³/mol. The number of nitrogens with one attached hydrogen (secondary N) is 2. The summed E-state index contributed by atoms with van der Waals surface area (Å²) in [5.41, 5.74) is 0.177. The molecule has 2 N–H and O–H groups in total. The molecule has 0 aliphatic heterocycles. The number of ether oxygens (including phenoxy) is 4. The maximum absolute atomic E-state index is 12.3. The molecule has 12 heteroatoms. The van der Waals surface area contributed by atoms with Gasteiger partial charge in [0.2, 0.25) is 10.9 Å². The van der Waals surface area contributed by atoms with E-state index in [-0.39, 0.29) is 23.8 Å². The lowest BCUT2D eigenvalue weighted by Crippen LogP contribution is -2.37. The number of anilines is 1. The summed E-state index contributed by atoms with van der Waals surface area (Å²) in [5, 5.41) is 13.3. The molecular formula is C18H22N4O7S. The summed E-state index contributed by atoms with van der Waals surface area (Å²) in [5.74, 6) is -1.48. The van der Waals surface area contributed by atoms with Crippen molar-refractivity contribution in [1.82, 2.24) is 15.5 Å². The zero-order valence-electron chi connectivity index (χ0n) is 16.9. The van der Waals surface area contributed by atoms with Gasteiger partial charge in [0.1, 0.15) is 11.6 Å². The van der Waals surface area contributed by atoms with Crippen LogP contribution in [-0.4, -0.2) is 62.5 Å². The van der Waals surface area contributed by atoms with Crippen molar-refractivity contribution in [2.24, 2.45) is 0 Å². The molecule has 2 aromatic rings. The van der Waals surface area contributed by atoms with Gasteiger partial charge in [-0.15, -0.1) is 10.2 Å². The van der Waals surface area contributed by atoms with E-state index in [1.165, 1.54) is 44.8 Å². The first kappa shape index (κ1) is 22.9. The van der Waals surface area contributed by atoms with E-state index in [0.717, 1.165) is 5.01 Å². The summed E-state index contributed by atoms with van der Waals surface area (Å²) >= 11 is 1.18. The minimum Gasteiger partial charge on any atom is -0.493 e. The van der Waals surface area contributed by atoms with Gasteiger partial charge >= 0.3 is 17.8 Å². The number of esters is 1. The van der Waals surface area contributed by atoms with Crippen LogP contribution in [0.5, 0.6) is 17.2 Å². The van der Waals surface area contributed by atoms with Gasteiger partial charge in [0.15, 0.2) is 11.5 Å². The highest BCUT2D eigenvalue weighted by molar-refractivity contribution is 7.15. The second-order valence-electron chi connectivity index (χ2n) is 5.61. The summed E-state index contributed by atoms with van der Waals surface area (Å²) in [6.45, 7) is 1.70. The number of amides is 2. The molecule has 0 spiro atoms. The fourth-order valence-electron chi connectivity index (χ4n) is 2.27. The number of benzene rings is 1. The first-order valence-corrected chi connectivity index (χ1v) is 9.63. The third kappa shape index (κ3) is 5.80. The molecule has 2 amide bonds. The van der Waals surface area contributed by atoms with E-state index in [2.05, 4.69) is 20.8 Å². The Hall–Kier alpha value is -3.41. The zero-order valence-corrected chi connectivity index (χ0v) is 17.8. The molecule has 0 fully saturated rings. The van der Waals surface area contributed by atoms with Gasteiger partial charge in [0, 0.05) is 0 Å². The van der Waals surface area contributed by atoms with E-state index < -0.39 is 17.8 Å². The zero-order chi connectivity index (χ0) is 22.1. The predicted octanol–water partition coefficient (Wildman–Crippen LogP) is 1.04. The van der Waals surface area contributed by atoms with Crippen LogP contribution in [0.2, 0.25) is 0 Å². The number of hydrogen-bond acceptors (Lipinski definition) is 10. The molecule has 1 aromatic heterocycles. The van der Waals surface area contributed by atoms with E-state index in [1.54, 1.807) is 0 Å². The lowest BCUT2D eigenvalue weighted by atomic mass is 10.2. The number of hydrogen-bond donors (Lipinski definition) is 2. The summed E-state index contributed by atoms with van der Waals surface area (Å²) in [6.07, 6.45) is 0.678. The van der Waals surface area contributed by atoms with Crippen LogP contribution in [0.3, 0.4) is 0 Å². The van der Waals surface area contributed by atoms with Crippen molar-refractivity contribution in [3.63, 3.8) is 0 Å². The second-order valence-corrected chi connectivity index (χ2v) is 6.68. The molecule has 0 bridgehead atoms. The molecule has 30 heavy (non-hydrogen) atoms. The van der Waals surface area contributed by atoms with E-state index in [1.807, 2.05) is 6.92 Å². The Morgan fingerprint density at radius 3 is 2.20 bits per heavy atom. The van der Waals surface area contributed by atoms with Crippen molar-refractivity contribution < 1.29 is 33.3 Å². The Morgan fingerprint density at radius 1 is 1.00 bits per heavy atom. The number of carbonyl (C=O) groups is 3. The molecule has 0 aliphatic rings. The lowest BCUT2D eigenvalue weighted by Gasteiger charge is -2.13. The molecule has 0 atom stereocenters. The summed E-state index contributed by atoms with van der Waals surface area (Å²) in [6, 6.07) is 2.89. The number of aryl methyl sites for hydroxylation is 1. The monoisotopic (exact) mass is 438 g/mol. The quantitative estimate of drug-likeness (QED) is 0.334. The average Bonchev–Trinajstić information content (AvgIpc) is 3.22. The number of carbonyl (C=O) groups excluding carboxylic acids is 3. The molecule has 162 valence electrons. The third-order valence-electron chi connectivity index (χ3n) is 3.72. The van der Waals surface area contributed by atoms with Crippen molar-refractivity contribution in [2.75, 3.05) is 39.8 Å². The first-order chi connectivity index (χ1) is 14.4. The van der Waals surface area contributed by atoms with Crippen LogP contribution >= 0.6 is 11.3 Å². The number of aromatic nitrogens is 2. The van der Waals surface area contributed by atoms with Gasteiger partial charge in [-0.05, 0) is 18.6 Å². The molecule has 0 saturated heterocycles. The van der Waals surface area contributed by atoms with Gasteiger partial charge in [-0.1, -0.05) is 18.3 Å². The van der Waals surface area contributed by atoms with Crippen molar-refractivity contribution in [3.05, 3.63) is 22.7 Å². The normalized spacial score (nSPS) is 10.1. The largest absolute Gasteiger partial charge is 0.493 e. The van der Waals surface area contributed by atoms with E-state index >= 15 is 0 Å². The first-order valence-electron chi connectivity index (χ1n) is 8.82. The maximum Gasteiger partial charge on any atom is 0.338 e. The smallest absolute Gasteiger partial charge is 0.338 e. The van der Waals surface area contributed by atoms with Crippen molar-refractivity contribution in [1.29, 1.82) is 0 Å². The Labute approximate surface area is 176 Å². The van der Waals surface area contributed by atoms with Crippen LogP contribution in [0.15, 0.2) is 12.1 Å². The topological polar surface area (TPSA) is 138 Å². The standard InChI is InChI=1S/C18H22N4O7S/c1-5-13-21-22-18(30-13)20-16(24)15(23)19-6-7-29-17(25)10-8-11(26-2)14(28-4)12(9-10)27-3/h8-9H,5-7H2,1-4H3,(H,19,23)(H,20,22,24). The Balaban J connectivity index is 1.84. The minimum atomic E-state index is -0.884. The molecule has 0 radical (unpaired) electrons. The van der Waals surface area contributed by atoms with Crippen molar-refractivity contribution >= 4 is 34.3 Å². The van der Waals surface area contributed by atoms with Crippen LogP contribution < -0.4 is 24.8 Å². The maximum atomic E-state index is 12.3. The molecule has 0 unspecified atom stereocenters. The molecular weight excluding hydrogens is 416 g/mol. The molecule has 0 aliphatic carbocycles. The SMILES string of the molecule is CCc1nnc(NC(=O)C(=O)NCCOC(=O)c2cc(OC)c(OC)c(OC)c2)s1. The minimum absolute atomic E-state index is 0.0568. The van der Waals surface area contributed by atoms with Gasteiger partial charge in [-0.25, -0.2) is 4.79 Å². The number of rotatable bonds is 9. The highest BCUT2D eigenvalue weighted by Gasteiger charge is 2.19. The molecule has 2 rings (SSSR count). The van der Waals surface area contributed by atoms with Crippen LogP contribution in [0.4, 0.5) is 5.13 Å². The molecule has 11 nitrogen and oxygen atoms in total. The van der Waals surface area contributed by atoms with Crippen LogP contribution in [0.25, 0.3) is 0 Å². The van der Waals surface area contributed by atoms with Gasteiger partial charge < -0.3 is 24.3 Å². The highest BCUT2D eigenvalue weighted by Crippen LogP contribution is 2.38. The summed E-state index contributed by atoms with van der Waals surface area (Å²) < 4.78 is 20.7. The second kappa shape index (κ2) is 11.0. The van der Waals surface area contributed by atoms with Gasteiger partial charge in [0.05, 0.1) is 33.4 Å². The molecule has 0 saturated carbocycles. The van der Waals surface area contributed by atoms with Crippen LogP contribution in [0, 0.1) is 0 Å². The van der Waals surface area contributed by atoms with Gasteiger partial charge in [-0.2, -0.15) is 0 Å². The highest BCUT2D eigenvalue weighted by atomic mass is 32.1. The number of nitrogens with zero attached hydrogens (tertiary/aromatic N) is 2. The van der Waals surface area contributed by atoms with E-state index in [9.17, 15) is 14.4 Å². The van der Waals surface area contributed by atoms with Gasteiger partial charge in [-0.3, -0.25) is 14.9 Å². The molecule has 1 aromatic carbocycles. The summed E-state index contributed by atoms with van der Waals surface area (Å²) in [7, 11) is 4.31. The van der Waals surface area contributed by atoms with Crippen LogP contribution in [0.1, 0.15) is 22.3 Å². The summed E-state index contributed by atoms with van der Waals surface area (Å²) in [4.78, 5) is 35.9. The van der Waals surface area contributed by atoms with Crippen molar-refractivity contribution in [3.8, 4) is 17.2 Å². The van der Waals surface area contributed by atoms with E-state index in [4.69, 9.17) is 18.9 Å². The average molecular weight is 438 g/mol. The van der Waals surface area contributed by atoms with E-state index in [0.29, 0.717) is 23.7 Å². The Bertz CT molecular complexity index is 891. The lowest BCUT2D eigenvalue weighted by molar-refractivity contribution is -0.136. The van der Waals surface area contributed by atoms with Crippen molar-refractivity contribution in [2.45, 2.75) is 13.3 Å². The Kier molecular flexibility index (Phi) is 8.35. The van der Waals surface area contributed by atoms with Crippen LogP contribution in [-0.2, 0) is 20.7 Å². The third-order valence-corrected chi connectivity index (χ3v) is 4.70. The molecule has 1 heterocycles. The Morgan fingerprint density at radius 2 is 1.67 bits per heavy atom. The van der Waals surface area contributed by atoms with Gasteiger partial charge in [0.25, 0.3) is 0 Å². The fourth-order valence-corrected chi connectivity index (χ4v) is 2.95. The number of methoxy groups -OCH3 is 3.